The molecule has 20 heavy (non-hydrogen) atoms. The van der Waals surface area contributed by atoms with Crippen molar-refractivity contribution in [3.05, 3.63) is 12.2 Å². The Morgan fingerprint density at radius 3 is 2.80 bits per heavy atom. The van der Waals surface area contributed by atoms with Crippen molar-refractivity contribution in [2.24, 2.45) is 0 Å². The van der Waals surface area contributed by atoms with Gasteiger partial charge in [0.15, 0.2) is 0 Å². The Morgan fingerprint density at radius 1 is 1.40 bits per heavy atom. The predicted octanol–water partition coefficient (Wildman–Crippen LogP) is 0.754. The highest BCUT2D eigenvalue weighted by molar-refractivity contribution is 6.02. The summed E-state index contributed by atoms with van der Waals surface area (Å²) in [5, 5.41) is 10.5. The molecule has 1 fully saturated rings. The lowest BCUT2D eigenvalue weighted by Gasteiger charge is -2.32. The number of hydrogen-bond acceptors (Lipinski definition) is 4. The maximum atomic E-state index is 11.8. The first-order valence-electron chi connectivity index (χ1n) is 6.65. The first kappa shape index (κ1) is 16.2. The quantitative estimate of drug-likeness (QED) is 0.726. The largest absolute Gasteiger partial charge is 0.478 e. The van der Waals surface area contributed by atoms with Gasteiger partial charge in [-0.3, -0.25) is 10.1 Å². The molecule has 7 heteroatoms. The second-order valence-corrected chi connectivity index (χ2v) is 4.55. The fraction of sp³-hybridized carbons (Fsp3) is 0.615. The van der Waals surface area contributed by atoms with Crippen LogP contribution in [0.25, 0.3) is 0 Å². The monoisotopic (exact) mass is 284 g/mol. The van der Waals surface area contributed by atoms with E-state index >= 15 is 0 Å². The van der Waals surface area contributed by atoms with Crippen molar-refractivity contribution in [3.8, 4) is 0 Å². The summed E-state index contributed by atoms with van der Waals surface area (Å²) in [7, 11) is 0. The van der Waals surface area contributed by atoms with Crippen LogP contribution in [0.3, 0.4) is 0 Å². The van der Waals surface area contributed by atoms with Gasteiger partial charge in [0.25, 0.3) is 5.91 Å². The van der Waals surface area contributed by atoms with Crippen molar-refractivity contribution in [3.63, 3.8) is 0 Å². The van der Waals surface area contributed by atoms with Crippen LogP contribution < -0.4 is 5.32 Å². The summed E-state index contributed by atoms with van der Waals surface area (Å²) in [6.07, 6.45) is 4.14. The number of amides is 3. The second-order valence-electron chi connectivity index (χ2n) is 4.55. The van der Waals surface area contributed by atoms with Crippen molar-refractivity contribution in [2.75, 3.05) is 19.7 Å². The standard InChI is InChI=1S/C13H20N2O5/c1-2-8-20-10-4-3-7-15(9-10)13(19)14-11(16)5-6-12(17)18/h5-6,10H,2-4,7-9H2,1H3,(H,17,18)(H,14,16,19). The number of hydrogen-bond donors (Lipinski definition) is 2. The zero-order valence-corrected chi connectivity index (χ0v) is 11.5. The minimum Gasteiger partial charge on any atom is -0.478 e. The molecule has 0 aliphatic carbocycles. The molecule has 0 radical (unpaired) electrons. The van der Waals surface area contributed by atoms with Crippen LogP contribution in [0.1, 0.15) is 26.2 Å². The van der Waals surface area contributed by atoms with Crippen LogP contribution in [0.2, 0.25) is 0 Å². The lowest BCUT2D eigenvalue weighted by molar-refractivity contribution is -0.131. The van der Waals surface area contributed by atoms with Crippen LogP contribution >= 0.6 is 0 Å². The number of likely N-dealkylation sites (tertiary alicyclic amines) is 1. The molecule has 0 bridgehead atoms. The predicted molar refractivity (Wildman–Crippen MR) is 71.2 cm³/mol. The number of carbonyl (C=O) groups excluding carboxylic acids is 2. The number of nitrogens with one attached hydrogen (secondary N) is 1. The lowest BCUT2D eigenvalue weighted by Crippen LogP contribution is -2.49. The minimum absolute atomic E-state index is 0.000821. The Morgan fingerprint density at radius 2 is 2.15 bits per heavy atom. The van der Waals surface area contributed by atoms with Gasteiger partial charge >= 0.3 is 12.0 Å². The number of aliphatic carboxylic acids is 1. The van der Waals surface area contributed by atoms with Crippen LogP contribution in [-0.2, 0) is 14.3 Å². The van der Waals surface area contributed by atoms with E-state index in [2.05, 4.69) is 5.32 Å². The molecule has 3 amide bonds. The minimum atomic E-state index is -1.24. The Labute approximate surface area is 117 Å². The van der Waals surface area contributed by atoms with E-state index in [1.54, 1.807) is 0 Å². The summed E-state index contributed by atoms with van der Waals surface area (Å²) in [5.41, 5.74) is 0. The average molecular weight is 284 g/mol. The molecule has 1 rings (SSSR count). The zero-order valence-electron chi connectivity index (χ0n) is 11.5. The van der Waals surface area contributed by atoms with Gasteiger partial charge in [-0.05, 0) is 19.3 Å². The Bertz CT molecular complexity index is 394. The van der Waals surface area contributed by atoms with Crippen molar-refractivity contribution in [1.82, 2.24) is 10.2 Å². The van der Waals surface area contributed by atoms with Crippen molar-refractivity contribution < 1.29 is 24.2 Å². The first-order chi connectivity index (χ1) is 9.52. The molecule has 1 aliphatic rings. The molecule has 0 saturated carbocycles. The highest BCUT2D eigenvalue weighted by Crippen LogP contribution is 2.13. The summed E-state index contributed by atoms with van der Waals surface area (Å²) in [5.74, 6) is -1.98. The molecule has 112 valence electrons. The third-order valence-electron chi connectivity index (χ3n) is 2.83. The molecule has 1 atom stereocenters. The van der Waals surface area contributed by atoms with Crippen LogP contribution in [-0.4, -0.2) is 53.7 Å². The van der Waals surface area contributed by atoms with Crippen LogP contribution in [0.15, 0.2) is 12.2 Å². The van der Waals surface area contributed by atoms with Gasteiger partial charge in [-0.25, -0.2) is 9.59 Å². The molecule has 1 unspecified atom stereocenters. The highest BCUT2D eigenvalue weighted by atomic mass is 16.5. The highest BCUT2D eigenvalue weighted by Gasteiger charge is 2.24. The molecule has 1 heterocycles. The van der Waals surface area contributed by atoms with Gasteiger partial charge in [0, 0.05) is 31.8 Å². The number of imide groups is 1. The van der Waals surface area contributed by atoms with E-state index in [4.69, 9.17) is 9.84 Å². The number of carbonyl (C=O) groups is 3. The SMILES string of the molecule is CCCOC1CCCN(C(=O)NC(=O)C=CC(=O)O)C1. The van der Waals surface area contributed by atoms with Gasteiger partial charge in [-0.1, -0.05) is 6.92 Å². The first-order valence-corrected chi connectivity index (χ1v) is 6.65. The van der Waals surface area contributed by atoms with E-state index in [9.17, 15) is 14.4 Å². The van der Waals surface area contributed by atoms with E-state index in [0.717, 1.165) is 25.3 Å². The maximum Gasteiger partial charge on any atom is 0.328 e. The van der Waals surface area contributed by atoms with Crippen molar-refractivity contribution in [1.29, 1.82) is 0 Å². The second kappa shape index (κ2) is 8.31. The number of ether oxygens (including phenoxy) is 1. The fourth-order valence-corrected chi connectivity index (χ4v) is 1.92. The van der Waals surface area contributed by atoms with Crippen molar-refractivity contribution in [2.45, 2.75) is 32.3 Å². The van der Waals surface area contributed by atoms with E-state index in [1.165, 1.54) is 4.90 Å². The number of nitrogens with zero attached hydrogens (tertiary/aromatic N) is 1. The number of piperidine rings is 1. The third kappa shape index (κ3) is 5.83. The van der Waals surface area contributed by atoms with Gasteiger partial charge in [0.1, 0.15) is 0 Å². The molecule has 1 saturated heterocycles. The average Bonchev–Trinajstić information content (AvgIpc) is 2.43. The normalized spacial score (nSPS) is 19.1. The number of carboxylic acid groups (broad SMARTS) is 1. The topological polar surface area (TPSA) is 95.9 Å². The number of urea groups is 1. The van der Waals surface area contributed by atoms with Crippen LogP contribution in [0.4, 0.5) is 4.79 Å². The van der Waals surface area contributed by atoms with Gasteiger partial charge < -0.3 is 14.7 Å². The molecule has 0 aromatic carbocycles. The number of rotatable bonds is 5. The van der Waals surface area contributed by atoms with Gasteiger partial charge in [0.2, 0.25) is 0 Å². The summed E-state index contributed by atoms with van der Waals surface area (Å²) in [6, 6.07) is -0.519. The van der Waals surface area contributed by atoms with E-state index in [0.29, 0.717) is 25.8 Å². The molecular weight excluding hydrogens is 264 g/mol. The fourth-order valence-electron chi connectivity index (χ4n) is 1.92. The van der Waals surface area contributed by atoms with E-state index < -0.39 is 17.9 Å². The molecule has 0 spiro atoms. The molecule has 1 aliphatic heterocycles. The summed E-state index contributed by atoms with van der Waals surface area (Å²) < 4.78 is 5.60. The Balaban J connectivity index is 2.42. The Hall–Kier alpha value is -1.89. The molecule has 2 N–H and O–H groups in total. The third-order valence-corrected chi connectivity index (χ3v) is 2.83. The van der Waals surface area contributed by atoms with Crippen LogP contribution in [0, 0.1) is 0 Å². The molecule has 0 aromatic rings. The maximum absolute atomic E-state index is 11.8. The lowest BCUT2D eigenvalue weighted by atomic mass is 10.1. The summed E-state index contributed by atoms with van der Waals surface area (Å²) >= 11 is 0. The summed E-state index contributed by atoms with van der Waals surface area (Å²) in [6.45, 7) is 3.68. The Kier molecular flexibility index (Phi) is 6.72. The van der Waals surface area contributed by atoms with E-state index in [1.807, 2.05) is 6.92 Å². The zero-order chi connectivity index (χ0) is 15.0. The van der Waals surface area contributed by atoms with Crippen molar-refractivity contribution >= 4 is 17.9 Å². The van der Waals surface area contributed by atoms with E-state index in [-0.39, 0.29) is 6.10 Å². The van der Waals surface area contributed by atoms with Gasteiger partial charge in [-0.2, -0.15) is 0 Å². The van der Waals surface area contributed by atoms with Crippen LogP contribution in [0.5, 0.6) is 0 Å². The number of carboxylic acids is 1. The van der Waals surface area contributed by atoms with Gasteiger partial charge in [0.05, 0.1) is 6.10 Å². The smallest absolute Gasteiger partial charge is 0.328 e. The molecule has 7 nitrogen and oxygen atoms in total. The summed E-state index contributed by atoms with van der Waals surface area (Å²) in [4.78, 5) is 34.9. The molecule has 0 aromatic heterocycles. The molecular formula is C13H20N2O5. The van der Waals surface area contributed by atoms with Gasteiger partial charge in [-0.15, -0.1) is 0 Å².